The molecule has 0 spiro atoms. The predicted molar refractivity (Wildman–Crippen MR) is 157 cm³/mol. The molecule has 0 saturated carbocycles. The third-order valence-corrected chi connectivity index (χ3v) is 12.6. The Hall–Kier alpha value is -1.58. The van der Waals surface area contributed by atoms with E-state index in [0.717, 1.165) is 0 Å². The molecule has 37 heavy (non-hydrogen) atoms. The SMILES string of the molecule is CSCO[C@H]1C[C@@H](n2c(I)nc3c(NC(=O)c4ccccc4)ncnc32)O[C@H]1CO[Si](C)(C)C(C)(C)C. The highest BCUT2D eigenvalue weighted by Gasteiger charge is 2.42. The molecule has 9 nitrogen and oxygen atoms in total. The smallest absolute Gasteiger partial charge is 0.256 e. The Kier molecular flexibility index (Phi) is 8.96. The fourth-order valence-electron chi connectivity index (χ4n) is 3.84. The van der Waals surface area contributed by atoms with Crippen LogP contribution in [0.1, 0.15) is 43.8 Å². The molecule has 0 aliphatic carbocycles. The summed E-state index contributed by atoms with van der Waals surface area (Å²) in [4.78, 5) is 26.2. The normalized spacial score (nSPS) is 20.5. The van der Waals surface area contributed by atoms with Crippen LogP contribution in [-0.2, 0) is 13.9 Å². The number of rotatable bonds is 9. The van der Waals surface area contributed by atoms with Crippen LogP contribution in [0.2, 0.25) is 18.1 Å². The van der Waals surface area contributed by atoms with Gasteiger partial charge in [0.1, 0.15) is 18.7 Å². The van der Waals surface area contributed by atoms with Crippen molar-refractivity contribution in [2.75, 3.05) is 24.1 Å². The fraction of sp³-hybridized carbons (Fsp3) is 0.520. The van der Waals surface area contributed by atoms with Gasteiger partial charge >= 0.3 is 0 Å². The quantitative estimate of drug-likeness (QED) is 0.136. The van der Waals surface area contributed by atoms with E-state index >= 15 is 0 Å². The highest BCUT2D eigenvalue weighted by Crippen LogP contribution is 2.39. The van der Waals surface area contributed by atoms with Crippen LogP contribution in [0.3, 0.4) is 0 Å². The van der Waals surface area contributed by atoms with Gasteiger partial charge in [-0.1, -0.05) is 39.0 Å². The van der Waals surface area contributed by atoms with Gasteiger partial charge in [-0.15, -0.1) is 11.8 Å². The molecule has 2 aromatic heterocycles. The summed E-state index contributed by atoms with van der Waals surface area (Å²) < 4.78 is 21.9. The molecular weight excluding hydrogens is 621 g/mol. The van der Waals surface area contributed by atoms with Crippen molar-refractivity contribution in [2.24, 2.45) is 0 Å². The largest absolute Gasteiger partial charge is 0.414 e. The van der Waals surface area contributed by atoms with Gasteiger partial charge in [0.25, 0.3) is 5.91 Å². The molecule has 200 valence electrons. The molecule has 4 rings (SSSR count). The number of hydrogen-bond donors (Lipinski definition) is 1. The summed E-state index contributed by atoms with van der Waals surface area (Å²) in [6.45, 7) is 11.6. The van der Waals surface area contributed by atoms with Crippen LogP contribution in [0.4, 0.5) is 5.82 Å². The zero-order valence-electron chi connectivity index (χ0n) is 22.0. The first-order valence-electron chi connectivity index (χ1n) is 12.2. The van der Waals surface area contributed by atoms with Gasteiger partial charge in [-0.2, -0.15) is 0 Å². The van der Waals surface area contributed by atoms with Crippen LogP contribution in [0.15, 0.2) is 36.7 Å². The zero-order chi connectivity index (χ0) is 26.8. The number of hydrogen-bond acceptors (Lipinski definition) is 8. The number of imidazole rings is 1. The maximum atomic E-state index is 12.8. The third-order valence-electron chi connectivity index (χ3n) is 6.98. The van der Waals surface area contributed by atoms with Crippen LogP contribution in [0.5, 0.6) is 0 Å². The highest BCUT2D eigenvalue weighted by molar-refractivity contribution is 14.1. The van der Waals surface area contributed by atoms with Gasteiger partial charge in [0, 0.05) is 34.6 Å². The lowest BCUT2D eigenvalue weighted by Gasteiger charge is -2.37. The van der Waals surface area contributed by atoms with Gasteiger partial charge in [0.2, 0.25) is 0 Å². The lowest BCUT2D eigenvalue weighted by molar-refractivity contribution is -0.0513. The molecule has 1 N–H and O–H groups in total. The fourth-order valence-corrected chi connectivity index (χ4v) is 5.95. The van der Waals surface area contributed by atoms with E-state index in [4.69, 9.17) is 18.9 Å². The van der Waals surface area contributed by atoms with E-state index in [-0.39, 0.29) is 29.4 Å². The first-order valence-corrected chi connectivity index (χ1v) is 17.5. The van der Waals surface area contributed by atoms with Crippen molar-refractivity contribution >= 4 is 65.6 Å². The standard InChI is InChI=1S/C25H34IN5O4SSi/c1-25(2,3)37(5,6)34-13-18-17(33-15-36-4)12-19(35-18)31-22-20(29-24(31)26)21(27-14-28-22)30-23(32)16-10-8-7-9-11-16/h7-11,14,17-19H,12-13,15H2,1-6H3,(H,27,28,30,32)/t17-,18-,19-/m0/s1. The molecule has 0 bridgehead atoms. The monoisotopic (exact) mass is 655 g/mol. The number of aromatic nitrogens is 4. The van der Waals surface area contributed by atoms with Crippen LogP contribution in [0.25, 0.3) is 11.2 Å². The number of thioether (sulfide) groups is 1. The minimum Gasteiger partial charge on any atom is -0.414 e. The number of nitrogens with one attached hydrogen (secondary N) is 1. The minimum atomic E-state index is -1.95. The summed E-state index contributed by atoms with van der Waals surface area (Å²) in [6, 6.07) is 9.01. The average Bonchev–Trinajstić information content (AvgIpc) is 3.41. The molecule has 1 fully saturated rings. The predicted octanol–water partition coefficient (Wildman–Crippen LogP) is 5.70. The van der Waals surface area contributed by atoms with E-state index in [0.29, 0.717) is 45.3 Å². The van der Waals surface area contributed by atoms with Crippen molar-refractivity contribution in [1.29, 1.82) is 0 Å². The Morgan fingerprint density at radius 3 is 2.68 bits per heavy atom. The molecule has 3 aromatic rings. The summed E-state index contributed by atoms with van der Waals surface area (Å²) >= 11 is 3.81. The second-order valence-electron chi connectivity index (χ2n) is 10.5. The van der Waals surface area contributed by atoms with Crippen LogP contribution >= 0.6 is 34.4 Å². The number of anilines is 1. The molecule has 1 aliphatic heterocycles. The van der Waals surface area contributed by atoms with Crippen molar-refractivity contribution < 1.29 is 18.7 Å². The van der Waals surface area contributed by atoms with Crippen molar-refractivity contribution in [3.8, 4) is 0 Å². The van der Waals surface area contributed by atoms with E-state index in [2.05, 4.69) is 71.7 Å². The van der Waals surface area contributed by atoms with E-state index in [1.54, 1.807) is 23.9 Å². The second-order valence-corrected chi connectivity index (χ2v) is 17.1. The van der Waals surface area contributed by atoms with Crippen molar-refractivity contribution in [3.05, 3.63) is 46.1 Å². The van der Waals surface area contributed by atoms with Gasteiger partial charge < -0.3 is 19.2 Å². The summed E-state index contributed by atoms with van der Waals surface area (Å²) in [5, 5.41) is 2.98. The lowest BCUT2D eigenvalue weighted by atomic mass is 10.2. The summed E-state index contributed by atoms with van der Waals surface area (Å²) in [7, 11) is -1.95. The average molecular weight is 656 g/mol. The first-order chi connectivity index (χ1) is 17.5. The Bertz CT molecular complexity index is 1240. The molecule has 1 saturated heterocycles. The van der Waals surface area contributed by atoms with E-state index in [1.165, 1.54) is 6.33 Å². The molecule has 1 aromatic carbocycles. The van der Waals surface area contributed by atoms with Gasteiger partial charge in [-0.25, -0.2) is 15.0 Å². The summed E-state index contributed by atoms with van der Waals surface area (Å²) in [5.41, 5.74) is 1.66. The Balaban J connectivity index is 1.58. The highest BCUT2D eigenvalue weighted by atomic mass is 127. The first kappa shape index (κ1) is 28.4. The molecular formula is C25H34IN5O4SSi. The molecule has 12 heteroatoms. The summed E-state index contributed by atoms with van der Waals surface area (Å²) in [5.74, 6) is 0.689. The number of benzene rings is 1. The Morgan fingerprint density at radius 1 is 1.27 bits per heavy atom. The molecule has 0 unspecified atom stereocenters. The number of amides is 1. The van der Waals surface area contributed by atoms with E-state index in [9.17, 15) is 4.79 Å². The van der Waals surface area contributed by atoms with Gasteiger partial charge in [0.05, 0.1) is 18.6 Å². The Morgan fingerprint density at radius 2 is 2.00 bits per heavy atom. The van der Waals surface area contributed by atoms with Gasteiger partial charge in [-0.3, -0.25) is 9.36 Å². The van der Waals surface area contributed by atoms with Crippen molar-refractivity contribution in [3.63, 3.8) is 0 Å². The maximum Gasteiger partial charge on any atom is 0.256 e. The van der Waals surface area contributed by atoms with Crippen LogP contribution < -0.4 is 5.32 Å². The lowest BCUT2D eigenvalue weighted by Crippen LogP contribution is -2.44. The molecule has 1 amide bonds. The zero-order valence-corrected chi connectivity index (χ0v) is 26.0. The minimum absolute atomic E-state index is 0.105. The number of carbonyl (C=O) groups is 1. The van der Waals surface area contributed by atoms with Gasteiger partial charge in [0.15, 0.2) is 29.1 Å². The number of fused-ring (bicyclic) bond motifs is 1. The molecule has 0 radical (unpaired) electrons. The van der Waals surface area contributed by atoms with Crippen molar-refractivity contribution in [1.82, 2.24) is 19.5 Å². The number of carbonyl (C=O) groups excluding carboxylic acids is 1. The number of ether oxygens (including phenoxy) is 2. The summed E-state index contributed by atoms with van der Waals surface area (Å²) in [6.07, 6.45) is 3.44. The van der Waals surface area contributed by atoms with Crippen molar-refractivity contribution in [2.45, 2.75) is 63.8 Å². The Labute approximate surface area is 236 Å². The third kappa shape index (κ3) is 6.36. The van der Waals surface area contributed by atoms with E-state index in [1.807, 2.05) is 29.0 Å². The van der Waals surface area contributed by atoms with Crippen LogP contribution in [-0.4, -0.2) is 64.8 Å². The topological polar surface area (TPSA) is 100 Å². The number of halogens is 1. The van der Waals surface area contributed by atoms with E-state index < -0.39 is 8.32 Å². The molecule has 1 aliphatic rings. The molecule has 3 heterocycles. The molecule has 3 atom stereocenters. The second kappa shape index (κ2) is 11.7. The number of nitrogens with zero attached hydrogens (tertiary/aromatic N) is 4. The maximum absolute atomic E-state index is 12.8. The van der Waals surface area contributed by atoms with Gasteiger partial charge in [-0.05, 0) is 36.5 Å². The van der Waals surface area contributed by atoms with Crippen LogP contribution in [0, 0.1) is 3.83 Å².